The topological polar surface area (TPSA) is 44.5 Å². The molecule has 0 aliphatic carbocycles. The maximum Gasteiger partial charge on any atom is 0.122 e. The van der Waals surface area contributed by atoms with E-state index < -0.39 is 0 Å². The maximum absolute atomic E-state index is 5.90. The third-order valence-electron chi connectivity index (χ3n) is 3.56. The van der Waals surface area contributed by atoms with Gasteiger partial charge in [0.05, 0.1) is 7.11 Å². The second-order valence-corrected chi connectivity index (χ2v) is 4.77. The van der Waals surface area contributed by atoms with Gasteiger partial charge in [-0.1, -0.05) is 25.1 Å². The Kier molecular flexibility index (Phi) is 6.76. The molecular weight excluding hydrogens is 226 g/mol. The lowest BCUT2D eigenvalue weighted by molar-refractivity contribution is 0.165. The Hall–Kier alpha value is -1.06. The molecule has 0 aliphatic rings. The Morgan fingerprint density at radius 2 is 1.94 bits per heavy atom. The van der Waals surface area contributed by atoms with Gasteiger partial charge in [0.1, 0.15) is 5.75 Å². The summed E-state index contributed by atoms with van der Waals surface area (Å²) in [5, 5.41) is 0. The van der Waals surface area contributed by atoms with Gasteiger partial charge in [-0.05, 0) is 42.9 Å². The van der Waals surface area contributed by atoms with Gasteiger partial charge in [0, 0.05) is 13.7 Å². The number of rotatable bonds is 8. The van der Waals surface area contributed by atoms with Crippen molar-refractivity contribution in [2.45, 2.75) is 19.8 Å². The van der Waals surface area contributed by atoms with E-state index in [2.05, 4.69) is 13.0 Å². The zero-order valence-corrected chi connectivity index (χ0v) is 11.7. The molecule has 0 spiro atoms. The first-order valence-electron chi connectivity index (χ1n) is 6.53. The molecule has 2 atom stereocenters. The first kappa shape index (κ1) is 15.0. The van der Waals surface area contributed by atoms with Gasteiger partial charge in [-0.2, -0.15) is 0 Å². The monoisotopic (exact) mass is 251 g/mol. The Morgan fingerprint density at radius 3 is 2.56 bits per heavy atom. The quantitative estimate of drug-likeness (QED) is 0.772. The SMILES string of the molecule is COCCC(C)C(CN)Cc1ccccc1OC. The standard InChI is InChI=1S/C15H25NO2/c1-12(8-9-17-2)14(11-16)10-13-6-4-5-7-15(13)18-3/h4-7,12,14H,8-11,16H2,1-3H3. The minimum atomic E-state index is 0.469. The molecule has 0 fully saturated rings. The fraction of sp³-hybridized carbons (Fsp3) is 0.600. The van der Waals surface area contributed by atoms with Crippen LogP contribution in [0.1, 0.15) is 18.9 Å². The van der Waals surface area contributed by atoms with Crippen LogP contribution in [0.2, 0.25) is 0 Å². The van der Waals surface area contributed by atoms with Gasteiger partial charge in [-0.15, -0.1) is 0 Å². The van der Waals surface area contributed by atoms with Crippen molar-refractivity contribution in [3.05, 3.63) is 29.8 Å². The first-order chi connectivity index (χ1) is 8.72. The van der Waals surface area contributed by atoms with E-state index in [0.29, 0.717) is 18.4 Å². The van der Waals surface area contributed by atoms with E-state index in [1.54, 1.807) is 14.2 Å². The average Bonchev–Trinajstić information content (AvgIpc) is 2.42. The minimum absolute atomic E-state index is 0.469. The third-order valence-corrected chi connectivity index (χ3v) is 3.56. The molecule has 1 aromatic carbocycles. The molecule has 0 aliphatic heterocycles. The Balaban J connectivity index is 2.66. The maximum atomic E-state index is 5.90. The molecule has 18 heavy (non-hydrogen) atoms. The summed E-state index contributed by atoms with van der Waals surface area (Å²) in [4.78, 5) is 0. The summed E-state index contributed by atoms with van der Waals surface area (Å²) in [5.74, 6) is 1.98. The van der Waals surface area contributed by atoms with Crippen LogP contribution in [0.15, 0.2) is 24.3 Å². The van der Waals surface area contributed by atoms with E-state index in [4.69, 9.17) is 15.2 Å². The molecule has 0 amide bonds. The Bertz CT molecular complexity index is 341. The average molecular weight is 251 g/mol. The largest absolute Gasteiger partial charge is 0.496 e. The highest BCUT2D eigenvalue weighted by Crippen LogP contribution is 2.25. The van der Waals surface area contributed by atoms with Crippen LogP contribution in [0.3, 0.4) is 0 Å². The Labute approximate surface area is 110 Å². The van der Waals surface area contributed by atoms with Gasteiger partial charge in [-0.25, -0.2) is 0 Å². The van der Waals surface area contributed by atoms with E-state index in [9.17, 15) is 0 Å². The summed E-state index contributed by atoms with van der Waals surface area (Å²) in [6, 6.07) is 8.16. The van der Waals surface area contributed by atoms with Gasteiger partial charge in [0.2, 0.25) is 0 Å². The van der Waals surface area contributed by atoms with Gasteiger partial charge in [0.15, 0.2) is 0 Å². The summed E-state index contributed by atoms with van der Waals surface area (Å²) in [7, 11) is 3.45. The number of hydrogen-bond acceptors (Lipinski definition) is 3. The smallest absolute Gasteiger partial charge is 0.122 e. The van der Waals surface area contributed by atoms with Crippen molar-refractivity contribution in [1.29, 1.82) is 0 Å². The van der Waals surface area contributed by atoms with Crippen LogP contribution in [0.4, 0.5) is 0 Å². The molecule has 0 bridgehead atoms. The van der Waals surface area contributed by atoms with Crippen LogP contribution in [-0.4, -0.2) is 27.4 Å². The van der Waals surface area contributed by atoms with Gasteiger partial charge < -0.3 is 15.2 Å². The summed E-state index contributed by atoms with van der Waals surface area (Å²) in [5.41, 5.74) is 7.14. The van der Waals surface area contributed by atoms with Crippen molar-refractivity contribution in [1.82, 2.24) is 0 Å². The van der Waals surface area contributed by atoms with Crippen LogP contribution in [0.25, 0.3) is 0 Å². The highest BCUT2D eigenvalue weighted by atomic mass is 16.5. The van der Waals surface area contributed by atoms with Gasteiger partial charge >= 0.3 is 0 Å². The molecule has 0 heterocycles. The van der Waals surface area contributed by atoms with Crippen LogP contribution in [0.5, 0.6) is 5.75 Å². The molecule has 102 valence electrons. The second-order valence-electron chi connectivity index (χ2n) is 4.77. The summed E-state index contributed by atoms with van der Waals surface area (Å²) < 4.78 is 10.5. The molecule has 1 rings (SSSR count). The summed E-state index contributed by atoms with van der Waals surface area (Å²) in [6.07, 6.45) is 2.01. The fourth-order valence-electron chi connectivity index (χ4n) is 2.21. The number of nitrogens with two attached hydrogens (primary N) is 1. The number of methoxy groups -OCH3 is 2. The molecule has 0 saturated heterocycles. The van der Waals surface area contributed by atoms with Crippen LogP contribution in [-0.2, 0) is 11.2 Å². The van der Waals surface area contributed by atoms with E-state index in [1.165, 1.54) is 5.56 Å². The second kappa shape index (κ2) is 8.11. The summed E-state index contributed by atoms with van der Waals surface area (Å²) >= 11 is 0. The van der Waals surface area contributed by atoms with Crippen LogP contribution in [0, 0.1) is 11.8 Å². The van der Waals surface area contributed by atoms with E-state index in [-0.39, 0.29) is 0 Å². The van der Waals surface area contributed by atoms with Crippen molar-refractivity contribution in [2.24, 2.45) is 17.6 Å². The zero-order valence-electron chi connectivity index (χ0n) is 11.7. The lowest BCUT2D eigenvalue weighted by atomic mass is 9.86. The first-order valence-corrected chi connectivity index (χ1v) is 6.53. The lowest BCUT2D eigenvalue weighted by Crippen LogP contribution is -2.25. The van der Waals surface area contributed by atoms with Crippen LogP contribution < -0.4 is 10.5 Å². The van der Waals surface area contributed by atoms with Crippen molar-refractivity contribution < 1.29 is 9.47 Å². The molecule has 0 saturated carbocycles. The highest BCUT2D eigenvalue weighted by molar-refractivity contribution is 5.33. The Morgan fingerprint density at radius 1 is 1.22 bits per heavy atom. The van der Waals surface area contributed by atoms with E-state index in [0.717, 1.165) is 25.2 Å². The molecule has 3 nitrogen and oxygen atoms in total. The molecule has 2 unspecified atom stereocenters. The summed E-state index contributed by atoms with van der Waals surface area (Å²) in [6.45, 7) is 3.73. The number of hydrogen-bond donors (Lipinski definition) is 1. The van der Waals surface area contributed by atoms with E-state index in [1.807, 2.05) is 18.2 Å². The van der Waals surface area contributed by atoms with Crippen molar-refractivity contribution in [3.63, 3.8) is 0 Å². The molecule has 3 heteroatoms. The molecule has 0 aromatic heterocycles. The molecule has 1 aromatic rings. The predicted octanol–water partition coefficient (Wildman–Crippen LogP) is 2.49. The highest BCUT2D eigenvalue weighted by Gasteiger charge is 2.17. The van der Waals surface area contributed by atoms with E-state index >= 15 is 0 Å². The fourth-order valence-corrected chi connectivity index (χ4v) is 2.21. The zero-order chi connectivity index (χ0) is 13.4. The van der Waals surface area contributed by atoms with Crippen molar-refractivity contribution in [2.75, 3.05) is 27.4 Å². The normalized spacial score (nSPS) is 14.2. The van der Waals surface area contributed by atoms with Gasteiger partial charge in [0.25, 0.3) is 0 Å². The number of para-hydroxylation sites is 1. The van der Waals surface area contributed by atoms with Crippen LogP contribution >= 0.6 is 0 Å². The number of ether oxygens (including phenoxy) is 2. The van der Waals surface area contributed by atoms with Gasteiger partial charge in [-0.3, -0.25) is 0 Å². The lowest BCUT2D eigenvalue weighted by Gasteiger charge is -2.23. The number of benzene rings is 1. The molecular formula is C15H25NO2. The van der Waals surface area contributed by atoms with Crippen molar-refractivity contribution >= 4 is 0 Å². The van der Waals surface area contributed by atoms with Crippen molar-refractivity contribution in [3.8, 4) is 5.75 Å². The molecule has 0 radical (unpaired) electrons. The third kappa shape index (κ3) is 4.31. The minimum Gasteiger partial charge on any atom is -0.496 e. The molecule has 2 N–H and O–H groups in total. The predicted molar refractivity (Wildman–Crippen MR) is 74.9 cm³/mol.